The van der Waals surface area contributed by atoms with Gasteiger partial charge in [-0.15, -0.1) is 0 Å². The molecule has 0 unspecified atom stereocenters. The van der Waals surface area contributed by atoms with Crippen molar-refractivity contribution >= 4 is 5.97 Å². The van der Waals surface area contributed by atoms with E-state index in [1.54, 1.807) is 0 Å². The van der Waals surface area contributed by atoms with Crippen LogP contribution in [0, 0.1) is 0 Å². The Hall–Kier alpha value is -0.570. The van der Waals surface area contributed by atoms with Crippen molar-refractivity contribution in [3.63, 3.8) is 0 Å². The third kappa shape index (κ3) is 3.66. The molecule has 1 aliphatic rings. The van der Waals surface area contributed by atoms with Crippen LogP contribution in [0.3, 0.4) is 0 Å². The van der Waals surface area contributed by atoms with Gasteiger partial charge in [-0.25, -0.2) is 0 Å². The minimum absolute atomic E-state index is 0.105. The van der Waals surface area contributed by atoms with Gasteiger partial charge in [0.05, 0.1) is 6.54 Å². The van der Waals surface area contributed by atoms with Crippen LogP contribution in [0.2, 0.25) is 0 Å². The molecule has 0 radical (unpaired) electrons. The molecule has 0 aromatic carbocycles. The number of likely N-dealkylation sites (tertiary alicyclic amines) is 1. The lowest BCUT2D eigenvalue weighted by Crippen LogP contribution is -2.36. The van der Waals surface area contributed by atoms with E-state index in [1.807, 2.05) is 20.8 Å². The van der Waals surface area contributed by atoms with Crippen molar-refractivity contribution in [2.75, 3.05) is 13.1 Å². The van der Waals surface area contributed by atoms with Crippen LogP contribution in [0.1, 0.15) is 40.5 Å². The van der Waals surface area contributed by atoms with Crippen molar-refractivity contribution in [1.82, 2.24) is 4.90 Å². The zero-order valence-electron chi connectivity index (χ0n) is 9.67. The zero-order chi connectivity index (χ0) is 10.8. The van der Waals surface area contributed by atoms with E-state index in [0.717, 1.165) is 6.54 Å². The van der Waals surface area contributed by atoms with Crippen molar-refractivity contribution in [2.45, 2.75) is 52.2 Å². The van der Waals surface area contributed by atoms with E-state index in [-0.39, 0.29) is 11.6 Å². The molecule has 3 heteroatoms. The van der Waals surface area contributed by atoms with Crippen LogP contribution in [-0.2, 0) is 9.53 Å². The lowest BCUT2D eigenvalue weighted by Gasteiger charge is -2.24. The van der Waals surface area contributed by atoms with Gasteiger partial charge in [0.25, 0.3) is 0 Å². The molecular weight excluding hydrogens is 178 g/mol. The number of nitrogens with zero attached hydrogens (tertiary/aromatic N) is 1. The molecule has 1 rings (SSSR count). The normalized spacial score (nSPS) is 23.9. The third-order valence-corrected chi connectivity index (χ3v) is 2.44. The zero-order valence-corrected chi connectivity index (χ0v) is 9.67. The first-order valence-electron chi connectivity index (χ1n) is 5.34. The van der Waals surface area contributed by atoms with E-state index in [2.05, 4.69) is 11.8 Å². The molecule has 1 atom stereocenters. The second kappa shape index (κ2) is 4.30. The molecule has 82 valence electrons. The second-order valence-corrected chi connectivity index (χ2v) is 5.05. The molecule has 14 heavy (non-hydrogen) atoms. The summed E-state index contributed by atoms with van der Waals surface area (Å²) in [5, 5.41) is 0. The van der Waals surface area contributed by atoms with Crippen LogP contribution >= 0.6 is 0 Å². The monoisotopic (exact) mass is 199 g/mol. The topological polar surface area (TPSA) is 29.5 Å². The molecule has 0 N–H and O–H groups in total. The van der Waals surface area contributed by atoms with Crippen LogP contribution in [0.15, 0.2) is 0 Å². The van der Waals surface area contributed by atoms with Gasteiger partial charge in [0.2, 0.25) is 0 Å². The summed E-state index contributed by atoms with van der Waals surface area (Å²) < 4.78 is 5.27. The molecule has 0 saturated carbocycles. The number of esters is 1. The maximum absolute atomic E-state index is 11.5. The van der Waals surface area contributed by atoms with Gasteiger partial charge in [-0.2, -0.15) is 0 Å². The summed E-state index contributed by atoms with van der Waals surface area (Å²) in [7, 11) is 0. The van der Waals surface area contributed by atoms with Gasteiger partial charge in [0, 0.05) is 6.04 Å². The van der Waals surface area contributed by atoms with Gasteiger partial charge in [-0.05, 0) is 47.1 Å². The van der Waals surface area contributed by atoms with Crippen LogP contribution in [-0.4, -0.2) is 35.6 Å². The quantitative estimate of drug-likeness (QED) is 0.635. The average Bonchev–Trinajstić information content (AvgIpc) is 2.32. The maximum Gasteiger partial charge on any atom is 0.320 e. The number of hydrogen-bond acceptors (Lipinski definition) is 3. The molecule has 0 spiro atoms. The molecule has 3 nitrogen and oxygen atoms in total. The Balaban J connectivity index is 2.33. The summed E-state index contributed by atoms with van der Waals surface area (Å²) in [6, 6.07) is 0.530. The van der Waals surface area contributed by atoms with Gasteiger partial charge >= 0.3 is 5.97 Å². The lowest BCUT2D eigenvalue weighted by molar-refractivity contribution is -0.156. The fourth-order valence-corrected chi connectivity index (χ4v) is 1.77. The average molecular weight is 199 g/mol. The number of hydrogen-bond donors (Lipinski definition) is 0. The highest BCUT2D eigenvalue weighted by molar-refractivity contribution is 5.72. The Bertz CT molecular complexity index is 208. The fourth-order valence-electron chi connectivity index (χ4n) is 1.77. The molecule has 0 aromatic heterocycles. The molecular formula is C11H21NO2. The molecule has 0 aromatic rings. The fraction of sp³-hybridized carbons (Fsp3) is 0.909. The van der Waals surface area contributed by atoms with E-state index in [0.29, 0.717) is 12.6 Å². The van der Waals surface area contributed by atoms with E-state index >= 15 is 0 Å². The Kier molecular flexibility index (Phi) is 3.53. The number of rotatable bonds is 2. The molecule has 1 fully saturated rings. The lowest BCUT2D eigenvalue weighted by atomic mass is 10.2. The largest absolute Gasteiger partial charge is 0.459 e. The highest BCUT2D eigenvalue weighted by Gasteiger charge is 2.24. The Morgan fingerprint density at radius 3 is 2.57 bits per heavy atom. The van der Waals surface area contributed by atoms with E-state index in [9.17, 15) is 4.79 Å². The Morgan fingerprint density at radius 2 is 2.14 bits per heavy atom. The second-order valence-electron chi connectivity index (χ2n) is 5.05. The van der Waals surface area contributed by atoms with Gasteiger partial charge in [0.1, 0.15) is 5.60 Å². The van der Waals surface area contributed by atoms with Crippen molar-refractivity contribution < 1.29 is 9.53 Å². The summed E-state index contributed by atoms with van der Waals surface area (Å²) >= 11 is 0. The van der Waals surface area contributed by atoms with E-state index < -0.39 is 0 Å². The first kappa shape index (κ1) is 11.5. The molecule has 1 saturated heterocycles. The van der Waals surface area contributed by atoms with Crippen molar-refractivity contribution in [2.24, 2.45) is 0 Å². The summed E-state index contributed by atoms with van der Waals surface area (Å²) in [4.78, 5) is 13.7. The van der Waals surface area contributed by atoms with E-state index in [4.69, 9.17) is 4.74 Å². The highest BCUT2D eigenvalue weighted by atomic mass is 16.6. The standard InChI is InChI=1S/C11H21NO2/c1-9-6-5-7-12(9)8-10(13)14-11(2,3)4/h9H,5-8H2,1-4H3/t9-/m0/s1. The molecule has 0 aliphatic carbocycles. The summed E-state index contributed by atoms with van der Waals surface area (Å²) in [5.74, 6) is -0.105. The van der Waals surface area contributed by atoms with Crippen molar-refractivity contribution in [3.8, 4) is 0 Å². The van der Waals surface area contributed by atoms with Crippen molar-refractivity contribution in [3.05, 3.63) is 0 Å². The van der Waals surface area contributed by atoms with Gasteiger partial charge in [0.15, 0.2) is 0 Å². The Morgan fingerprint density at radius 1 is 1.50 bits per heavy atom. The summed E-state index contributed by atoms with van der Waals surface area (Å²) in [6.45, 7) is 9.34. The predicted octanol–water partition coefficient (Wildman–Crippen LogP) is 1.81. The highest BCUT2D eigenvalue weighted by Crippen LogP contribution is 2.16. The molecule has 1 aliphatic heterocycles. The first-order valence-corrected chi connectivity index (χ1v) is 5.34. The smallest absolute Gasteiger partial charge is 0.320 e. The predicted molar refractivity (Wildman–Crippen MR) is 56.1 cm³/mol. The van der Waals surface area contributed by atoms with Gasteiger partial charge < -0.3 is 4.74 Å². The Labute approximate surface area is 86.4 Å². The minimum Gasteiger partial charge on any atom is -0.459 e. The van der Waals surface area contributed by atoms with Crippen LogP contribution < -0.4 is 0 Å². The summed E-state index contributed by atoms with van der Waals surface area (Å²) in [6.07, 6.45) is 2.40. The minimum atomic E-state index is -0.361. The van der Waals surface area contributed by atoms with E-state index in [1.165, 1.54) is 12.8 Å². The summed E-state index contributed by atoms with van der Waals surface area (Å²) in [5.41, 5.74) is -0.361. The number of ether oxygens (including phenoxy) is 1. The molecule has 1 heterocycles. The van der Waals surface area contributed by atoms with Crippen LogP contribution in [0.25, 0.3) is 0 Å². The third-order valence-electron chi connectivity index (χ3n) is 2.44. The SMILES string of the molecule is C[C@H]1CCCN1CC(=O)OC(C)(C)C. The number of carbonyl (C=O) groups is 1. The van der Waals surface area contributed by atoms with Gasteiger partial charge in [-0.3, -0.25) is 9.69 Å². The van der Waals surface area contributed by atoms with Gasteiger partial charge in [-0.1, -0.05) is 0 Å². The van der Waals surface area contributed by atoms with Crippen LogP contribution in [0.5, 0.6) is 0 Å². The maximum atomic E-state index is 11.5. The molecule has 0 bridgehead atoms. The number of carbonyl (C=O) groups excluding carboxylic acids is 1. The molecule has 0 amide bonds. The van der Waals surface area contributed by atoms with Crippen molar-refractivity contribution in [1.29, 1.82) is 0 Å². The first-order chi connectivity index (χ1) is 6.38. The van der Waals surface area contributed by atoms with Crippen LogP contribution in [0.4, 0.5) is 0 Å².